The third-order valence-corrected chi connectivity index (χ3v) is 4.78. The second-order valence-corrected chi connectivity index (χ2v) is 7.22. The van der Waals surface area contributed by atoms with Crippen molar-refractivity contribution in [3.8, 4) is 0 Å². The van der Waals surface area contributed by atoms with Crippen LogP contribution >= 0.6 is 11.6 Å². The summed E-state index contributed by atoms with van der Waals surface area (Å²) < 4.78 is 0. The Labute approximate surface area is 126 Å². The quantitative estimate of drug-likeness (QED) is 0.881. The average molecular weight is 294 g/mol. The maximum absolute atomic E-state index is 12.9. The fourth-order valence-corrected chi connectivity index (χ4v) is 3.52. The predicted octanol–water partition coefficient (Wildman–Crippen LogP) is 4.30. The molecule has 2 nitrogen and oxygen atoms in total. The van der Waals surface area contributed by atoms with Crippen LogP contribution in [0.25, 0.3) is 0 Å². The lowest BCUT2D eigenvalue weighted by Crippen LogP contribution is -2.35. The van der Waals surface area contributed by atoms with Gasteiger partial charge in [0.15, 0.2) is 5.78 Å². The van der Waals surface area contributed by atoms with E-state index >= 15 is 0 Å². The van der Waals surface area contributed by atoms with E-state index in [1.165, 1.54) is 0 Å². The number of benzene rings is 1. The van der Waals surface area contributed by atoms with Crippen LogP contribution in [-0.2, 0) is 4.79 Å². The number of nitrogens with one attached hydrogen (secondary N) is 1. The van der Waals surface area contributed by atoms with Gasteiger partial charge in [0.1, 0.15) is 0 Å². The number of Topliss-reactive ketones (excluding diaryl/α,β-unsaturated/α-hetero) is 1. The number of rotatable bonds is 2. The van der Waals surface area contributed by atoms with Gasteiger partial charge < -0.3 is 5.32 Å². The van der Waals surface area contributed by atoms with Gasteiger partial charge in [0.05, 0.1) is 6.04 Å². The van der Waals surface area contributed by atoms with Gasteiger partial charge in [-0.05, 0) is 36.0 Å². The summed E-state index contributed by atoms with van der Waals surface area (Å²) in [4.78, 5) is 12.9. The minimum Gasteiger partial charge on any atom is -0.300 e. The van der Waals surface area contributed by atoms with E-state index in [1.807, 2.05) is 25.1 Å². The van der Waals surface area contributed by atoms with E-state index in [1.54, 1.807) is 0 Å². The molecule has 1 aromatic carbocycles. The Morgan fingerprint density at radius 1 is 1.30 bits per heavy atom. The van der Waals surface area contributed by atoms with Crippen LogP contribution in [0.1, 0.15) is 51.3 Å². The Hall–Kier alpha value is -0.860. The fraction of sp³-hybridized carbons (Fsp3) is 0.588. The standard InChI is InChI=1S/C17H24ClNO/c1-6-13-14(17(3,4)5)16(20)15(19-13)11-8-7-9-12(18)10(11)2/h7-9,13-15,19H,6H2,1-5H3. The molecule has 1 aromatic rings. The third-order valence-electron chi connectivity index (χ3n) is 4.37. The molecular weight excluding hydrogens is 270 g/mol. The third kappa shape index (κ3) is 2.64. The fourth-order valence-electron chi connectivity index (χ4n) is 3.33. The first-order chi connectivity index (χ1) is 9.27. The number of halogens is 1. The average Bonchev–Trinajstić information content (AvgIpc) is 2.69. The van der Waals surface area contributed by atoms with Gasteiger partial charge in [-0.15, -0.1) is 0 Å². The topological polar surface area (TPSA) is 29.1 Å². The summed E-state index contributed by atoms with van der Waals surface area (Å²) in [5, 5.41) is 4.25. The van der Waals surface area contributed by atoms with Crippen LogP contribution in [0.15, 0.2) is 18.2 Å². The van der Waals surface area contributed by atoms with Crippen molar-refractivity contribution >= 4 is 17.4 Å². The van der Waals surface area contributed by atoms with Crippen LogP contribution in [0.4, 0.5) is 0 Å². The van der Waals surface area contributed by atoms with E-state index in [9.17, 15) is 4.79 Å². The molecule has 0 bridgehead atoms. The minimum absolute atomic E-state index is 0.0218. The molecule has 0 amide bonds. The maximum atomic E-state index is 12.9. The van der Waals surface area contributed by atoms with Crippen LogP contribution in [0.3, 0.4) is 0 Å². The monoisotopic (exact) mass is 293 g/mol. The molecule has 3 unspecified atom stereocenters. The molecule has 0 radical (unpaired) electrons. The number of ketones is 1. The summed E-state index contributed by atoms with van der Waals surface area (Å²) in [7, 11) is 0. The summed E-state index contributed by atoms with van der Waals surface area (Å²) in [6.07, 6.45) is 0.962. The first-order valence-corrected chi connectivity index (χ1v) is 7.70. The van der Waals surface area contributed by atoms with Crippen molar-refractivity contribution in [1.29, 1.82) is 0 Å². The van der Waals surface area contributed by atoms with E-state index in [0.29, 0.717) is 5.78 Å². The van der Waals surface area contributed by atoms with Crippen LogP contribution in [-0.4, -0.2) is 11.8 Å². The van der Waals surface area contributed by atoms with Crippen LogP contribution in [0.5, 0.6) is 0 Å². The second kappa shape index (κ2) is 5.50. The van der Waals surface area contributed by atoms with Gasteiger partial charge in [0.25, 0.3) is 0 Å². The molecule has 20 heavy (non-hydrogen) atoms. The number of carbonyl (C=O) groups is 1. The number of hydrogen-bond acceptors (Lipinski definition) is 2. The molecule has 1 aliphatic heterocycles. The molecule has 0 aliphatic carbocycles. The second-order valence-electron chi connectivity index (χ2n) is 6.81. The van der Waals surface area contributed by atoms with Crippen LogP contribution < -0.4 is 5.32 Å². The molecule has 3 atom stereocenters. The Morgan fingerprint density at radius 2 is 1.95 bits per heavy atom. The highest BCUT2D eigenvalue weighted by Crippen LogP contribution is 2.41. The molecule has 1 saturated heterocycles. The molecule has 1 N–H and O–H groups in total. The lowest BCUT2D eigenvalue weighted by atomic mass is 9.74. The Kier molecular flexibility index (Phi) is 4.27. The molecule has 1 aliphatic rings. The summed E-state index contributed by atoms with van der Waals surface area (Å²) >= 11 is 6.20. The van der Waals surface area contributed by atoms with Gasteiger partial charge in [-0.1, -0.05) is 51.4 Å². The normalized spacial score (nSPS) is 27.1. The molecule has 110 valence electrons. The van der Waals surface area contributed by atoms with Gasteiger partial charge in [-0.25, -0.2) is 0 Å². The molecule has 3 heteroatoms. The van der Waals surface area contributed by atoms with Crippen molar-refractivity contribution in [1.82, 2.24) is 5.32 Å². The summed E-state index contributed by atoms with van der Waals surface area (Å²) in [6.45, 7) is 10.6. The highest BCUT2D eigenvalue weighted by atomic mass is 35.5. The van der Waals surface area contributed by atoms with E-state index < -0.39 is 0 Å². The lowest BCUT2D eigenvalue weighted by Gasteiger charge is -2.29. The number of carbonyl (C=O) groups excluding carboxylic acids is 1. The molecule has 1 fully saturated rings. The Balaban J connectivity index is 2.40. The van der Waals surface area contributed by atoms with Gasteiger partial charge in [-0.3, -0.25) is 4.79 Å². The lowest BCUT2D eigenvalue weighted by molar-refractivity contribution is -0.124. The predicted molar refractivity (Wildman–Crippen MR) is 84.1 cm³/mol. The van der Waals surface area contributed by atoms with Gasteiger partial charge in [0.2, 0.25) is 0 Å². The zero-order valence-corrected chi connectivity index (χ0v) is 13.7. The molecule has 0 spiro atoms. The first kappa shape index (κ1) is 15.5. The van der Waals surface area contributed by atoms with Gasteiger partial charge in [0, 0.05) is 17.0 Å². The smallest absolute Gasteiger partial charge is 0.159 e. The largest absolute Gasteiger partial charge is 0.300 e. The molecular formula is C17H24ClNO. The maximum Gasteiger partial charge on any atom is 0.159 e. The van der Waals surface area contributed by atoms with Crippen molar-refractivity contribution < 1.29 is 4.79 Å². The van der Waals surface area contributed by atoms with E-state index in [0.717, 1.165) is 22.6 Å². The zero-order valence-electron chi connectivity index (χ0n) is 13.0. The Morgan fingerprint density at radius 3 is 2.45 bits per heavy atom. The summed E-state index contributed by atoms with van der Waals surface area (Å²) in [6, 6.07) is 5.83. The SMILES string of the molecule is CCC1NC(c2cccc(Cl)c2C)C(=O)C1C(C)(C)C. The van der Waals surface area contributed by atoms with Crippen molar-refractivity contribution in [2.24, 2.45) is 11.3 Å². The van der Waals surface area contributed by atoms with Gasteiger partial charge in [-0.2, -0.15) is 0 Å². The van der Waals surface area contributed by atoms with Crippen molar-refractivity contribution in [3.63, 3.8) is 0 Å². The highest BCUT2D eigenvalue weighted by Gasteiger charge is 2.47. The Bertz CT molecular complexity index is 518. The van der Waals surface area contributed by atoms with Crippen molar-refractivity contribution in [2.45, 2.75) is 53.1 Å². The van der Waals surface area contributed by atoms with Crippen LogP contribution in [0.2, 0.25) is 5.02 Å². The van der Waals surface area contributed by atoms with Crippen molar-refractivity contribution in [3.05, 3.63) is 34.3 Å². The minimum atomic E-state index is -0.220. The van der Waals surface area contributed by atoms with E-state index in [-0.39, 0.29) is 23.4 Å². The summed E-state index contributed by atoms with van der Waals surface area (Å²) in [5.41, 5.74) is 2.00. The molecule has 1 heterocycles. The molecule has 2 rings (SSSR count). The van der Waals surface area contributed by atoms with E-state index in [4.69, 9.17) is 11.6 Å². The van der Waals surface area contributed by atoms with E-state index in [2.05, 4.69) is 33.0 Å². The molecule has 0 saturated carbocycles. The first-order valence-electron chi connectivity index (χ1n) is 7.32. The molecule has 0 aromatic heterocycles. The van der Waals surface area contributed by atoms with Crippen molar-refractivity contribution in [2.75, 3.05) is 0 Å². The number of hydrogen-bond donors (Lipinski definition) is 1. The van der Waals surface area contributed by atoms with Crippen LogP contribution in [0, 0.1) is 18.3 Å². The van der Waals surface area contributed by atoms with Gasteiger partial charge >= 0.3 is 0 Å². The zero-order chi connectivity index (χ0) is 15.1. The summed E-state index contributed by atoms with van der Waals surface area (Å²) in [5.74, 6) is 0.352. The highest BCUT2D eigenvalue weighted by molar-refractivity contribution is 6.31.